The van der Waals surface area contributed by atoms with Crippen molar-refractivity contribution in [2.75, 3.05) is 13.1 Å². The third kappa shape index (κ3) is 4.51. The Bertz CT molecular complexity index is 938. The second-order valence-corrected chi connectivity index (χ2v) is 9.06. The van der Waals surface area contributed by atoms with Crippen LogP contribution in [-0.2, 0) is 16.6 Å². The molecule has 0 aliphatic carbocycles. The van der Waals surface area contributed by atoms with Crippen LogP contribution in [0.2, 0.25) is 5.02 Å². The van der Waals surface area contributed by atoms with E-state index in [1.807, 2.05) is 31.2 Å². The summed E-state index contributed by atoms with van der Waals surface area (Å²) in [4.78, 5) is 12.7. The van der Waals surface area contributed by atoms with Crippen molar-refractivity contribution in [2.45, 2.75) is 37.6 Å². The van der Waals surface area contributed by atoms with Crippen molar-refractivity contribution in [1.29, 1.82) is 0 Å². The first-order valence-electron chi connectivity index (χ1n) is 9.02. The van der Waals surface area contributed by atoms with Crippen LogP contribution in [0.15, 0.2) is 47.4 Å². The molecule has 5 nitrogen and oxygen atoms in total. The van der Waals surface area contributed by atoms with E-state index in [4.69, 9.17) is 11.6 Å². The van der Waals surface area contributed by atoms with Gasteiger partial charge in [-0.1, -0.05) is 42.3 Å². The van der Waals surface area contributed by atoms with Gasteiger partial charge in [0.1, 0.15) is 0 Å². The van der Waals surface area contributed by atoms with E-state index in [1.54, 1.807) is 0 Å². The standard InChI is InChI=1S/C20H23ClN2O3S/c1-15-7-3-4-8-16(15)14-22-20(24)18-13-17(9-10-19(18)21)27(25,26)23-11-5-2-6-12-23/h3-4,7-10,13H,2,5-6,11-12,14H2,1H3,(H,22,24). The minimum absolute atomic E-state index is 0.106. The van der Waals surface area contributed by atoms with Gasteiger partial charge in [-0.2, -0.15) is 4.31 Å². The quantitative estimate of drug-likeness (QED) is 0.822. The van der Waals surface area contributed by atoms with Crippen LogP contribution in [0.1, 0.15) is 40.7 Å². The van der Waals surface area contributed by atoms with Gasteiger partial charge in [-0.15, -0.1) is 0 Å². The zero-order chi connectivity index (χ0) is 19.4. The smallest absolute Gasteiger partial charge is 0.253 e. The zero-order valence-corrected chi connectivity index (χ0v) is 16.8. The number of aryl methyl sites for hydroxylation is 1. The summed E-state index contributed by atoms with van der Waals surface area (Å²) in [7, 11) is -3.61. The van der Waals surface area contributed by atoms with Crippen molar-refractivity contribution in [2.24, 2.45) is 0 Å². The Morgan fingerprint density at radius 3 is 2.52 bits per heavy atom. The predicted octanol–water partition coefficient (Wildman–Crippen LogP) is 3.75. The number of halogens is 1. The molecule has 1 fully saturated rings. The SMILES string of the molecule is Cc1ccccc1CNC(=O)c1cc(S(=O)(=O)N2CCCCC2)ccc1Cl. The number of benzene rings is 2. The fourth-order valence-electron chi connectivity index (χ4n) is 3.17. The van der Waals surface area contributed by atoms with Gasteiger partial charge in [-0.05, 0) is 49.1 Å². The Balaban J connectivity index is 1.80. The van der Waals surface area contributed by atoms with E-state index < -0.39 is 10.0 Å². The second kappa shape index (κ2) is 8.42. The Morgan fingerprint density at radius 2 is 1.81 bits per heavy atom. The van der Waals surface area contributed by atoms with Crippen LogP contribution in [0.4, 0.5) is 0 Å². The topological polar surface area (TPSA) is 66.5 Å². The maximum Gasteiger partial charge on any atom is 0.253 e. The van der Waals surface area contributed by atoms with Crippen LogP contribution in [0.5, 0.6) is 0 Å². The highest BCUT2D eigenvalue weighted by Gasteiger charge is 2.27. The molecule has 1 aliphatic rings. The lowest BCUT2D eigenvalue weighted by Gasteiger charge is -2.26. The molecule has 0 radical (unpaired) electrons. The summed E-state index contributed by atoms with van der Waals surface area (Å²) in [6.07, 6.45) is 2.76. The van der Waals surface area contributed by atoms with Gasteiger partial charge >= 0.3 is 0 Å². The van der Waals surface area contributed by atoms with Crippen LogP contribution in [-0.4, -0.2) is 31.7 Å². The molecule has 7 heteroatoms. The summed E-state index contributed by atoms with van der Waals surface area (Å²) in [6.45, 7) is 3.35. The average molecular weight is 407 g/mol. The number of hydrogen-bond acceptors (Lipinski definition) is 3. The fourth-order valence-corrected chi connectivity index (χ4v) is 4.92. The van der Waals surface area contributed by atoms with E-state index in [9.17, 15) is 13.2 Å². The van der Waals surface area contributed by atoms with Gasteiger partial charge < -0.3 is 5.32 Å². The highest BCUT2D eigenvalue weighted by molar-refractivity contribution is 7.89. The number of carbonyl (C=O) groups is 1. The summed E-state index contributed by atoms with van der Waals surface area (Å²) < 4.78 is 27.2. The van der Waals surface area contributed by atoms with E-state index in [0.29, 0.717) is 19.6 Å². The summed E-state index contributed by atoms with van der Waals surface area (Å²) >= 11 is 6.17. The van der Waals surface area contributed by atoms with Crippen LogP contribution in [0.25, 0.3) is 0 Å². The van der Waals surface area contributed by atoms with Crippen molar-refractivity contribution in [3.8, 4) is 0 Å². The highest BCUT2D eigenvalue weighted by atomic mass is 35.5. The highest BCUT2D eigenvalue weighted by Crippen LogP contribution is 2.25. The third-order valence-corrected chi connectivity index (χ3v) is 7.06. The molecule has 1 N–H and O–H groups in total. The van der Waals surface area contributed by atoms with Gasteiger partial charge in [0.2, 0.25) is 10.0 Å². The number of nitrogens with zero attached hydrogens (tertiary/aromatic N) is 1. The largest absolute Gasteiger partial charge is 0.348 e. The molecule has 0 aromatic heterocycles. The number of piperidine rings is 1. The summed E-state index contributed by atoms with van der Waals surface area (Å²) in [6, 6.07) is 12.1. The molecule has 144 valence electrons. The lowest BCUT2D eigenvalue weighted by Crippen LogP contribution is -2.35. The molecule has 0 unspecified atom stereocenters. The van der Waals surface area contributed by atoms with E-state index in [0.717, 1.165) is 30.4 Å². The minimum atomic E-state index is -3.61. The molecule has 1 heterocycles. The van der Waals surface area contributed by atoms with Crippen molar-refractivity contribution >= 4 is 27.5 Å². The Labute approximate surface area is 165 Å². The predicted molar refractivity (Wildman–Crippen MR) is 106 cm³/mol. The van der Waals surface area contributed by atoms with E-state index in [1.165, 1.54) is 22.5 Å². The van der Waals surface area contributed by atoms with E-state index >= 15 is 0 Å². The number of carbonyl (C=O) groups excluding carboxylic acids is 1. The lowest BCUT2D eigenvalue weighted by molar-refractivity contribution is 0.0951. The van der Waals surface area contributed by atoms with Crippen LogP contribution in [0, 0.1) is 6.92 Å². The number of hydrogen-bond donors (Lipinski definition) is 1. The third-order valence-electron chi connectivity index (χ3n) is 4.84. The van der Waals surface area contributed by atoms with Gasteiger partial charge in [0.15, 0.2) is 0 Å². The first kappa shape index (κ1) is 19.9. The summed E-state index contributed by atoms with van der Waals surface area (Å²) in [5.41, 5.74) is 2.24. The van der Waals surface area contributed by atoms with Crippen LogP contribution in [0.3, 0.4) is 0 Å². The van der Waals surface area contributed by atoms with Crippen molar-refractivity contribution < 1.29 is 13.2 Å². The molecule has 0 atom stereocenters. The number of amides is 1. The molecule has 2 aromatic carbocycles. The normalized spacial score (nSPS) is 15.5. The van der Waals surface area contributed by atoms with Gasteiger partial charge in [0.05, 0.1) is 15.5 Å². The Hall–Kier alpha value is -1.89. The van der Waals surface area contributed by atoms with E-state index in [-0.39, 0.29) is 21.4 Å². The molecule has 27 heavy (non-hydrogen) atoms. The van der Waals surface area contributed by atoms with Gasteiger partial charge in [0.25, 0.3) is 5.91 Å². The fraction of sp³-hybridized carbons (Fsp3) is 0.350. The van der Waals surface area contributed by atoms with Crippen molar-refractivity contribution in [3.63, 3.8) is 0 Å². The maximum atomic E-state index is 12.8. The first-order valence-corrected chi connectivity index (χ1v) is 10.8. The molecule has 1 saturated heterocycles. The monoisotopic (exact) mass is 406 g/mol. The number of nitrogens with one attached hydrogen (secondary N) is 1. The molecule has 2 aromatic rings. The van der Waals surface area contributed by atoms with Gasteiger partial charge in [-0.3, -0.25) is 4.79 Å². The molecular weight excluding hydrogens is 384 g/mol. The van der Waals surface area contributed by atoms with Gasteiger partial charge in [-0.25, -0.2) is 8.42 Å². The average Bonchev–Trinajstić information content (AvgIpc) is 2.68. The zero-order valence-electron chi connectivity index (χ0n) is 15.2. The molecule has 0 bridgehead atoms. The Kier molecular flexibility index (Phi) is 6.19. The van der Waals surface area contributed by atoms with Gasteiger partial charge in [0, 0.05) is 19.6 Å². The number of rotatable bonds is 5. The molecule has 1 amide bonds. The molecule has 3 rings (SSSR count). The van der Waals surface area contributed by atoms with E-state index in [2.05, 4.69) is 5.32 Å². The molecule has 1 aliphatic heterocycles. The summed E-state index contributed by atoms with van der Waals surface area (Å²) in [5, 5.41) is 3.05. The minimum Gasteiger partial charge on any atom is -0.348 e. The summed E-state index contributed by atoms with van der Waals surface area (Å²) in [5.74, 6) is -0.390. The van der Waals surface area contributed by atoms with Crippen LogP contribution < -0.4 is 5.32 Å². The van der Waals surface area contributed by atoms with Crippen molar-refractivity contribution in [1.82, 2.24) is 9.62 Å². The molecular formula is C20H23ClN2O3S. The first-order chi connectivity index (χ1) is 12.9. The molecule has 0 saturated carbocycles. The second-order valence-electron chi connectivity index (χ2n) is 6.72. The van der Waals surface area contributed by atoms with Crippen molar-refractivity contribution in [3.05, 3.63) is 64.2 Å². The Morgan fingerprint density at radius 1 is 1.11 bits per heavy atom. The van der Waals surface area contributed by atoms with Crippen LogP contribution >= 0.6 is 11.6 Å². The lowest BCUT2D eigenvalue weighted by atomic mass is 10.1. The maximum absolute atomic E-state index is 12.8. The number of sulfonamides is 1. The molecule has 0 spiro atoms.